The third-order valence-electron chi connectivity index (χ3n) is 6.84. The molecule has 1 unspecified atom stereocenters. The topological polar surface area (TPSA) is 6.48 Å². The van der Waals surface area contributed by atoms with Gasteiger partial charge >= 0.3 is 0 Å². The first-order chi connectivity index (χ1) is 14.4. The first-order valence-corrected chi connectivity index (χ1v) is 11.6. The number of hydrogen-bond acceptors (Lipinski definition) is 2. The molecule has 1 heterocycles. The summed E-state index contributed by atoms with van der Waals surface area (Å²) in [6, 6.07) is 22.0. The molecule has 154 valence electrons. The standard InChI is InChI=1S/C27H36N2/c1-4-11-24(12-5-1)13-10-18-28-19-21-29(22-20-28)23-27(25-14-6-2-7-15-25)26-16-8-3-9-17-26/h1-2,4-7,10-15,26-27H,3,8-9,16-23H2. The highest BCUT2D eigenvalue weighted by Gasteiger charge is 2.28. The van der Waals surface area contributed by atoms with Gasteiger partial charge in [0.2, 0.25) is 0 Å². The van der Waals surface area contributed by atoms with Gasteiger partial charge in [-0.25, -0.2) is 0 Å². The molecule has 0 N–H and O–H groups in total. The normalized spacial score (nSPS) is 20.8. The highest BCUT2D eigenvalue weighted by Crippen LogP contribution is 2.36. The molecule has 0 spiro atoms. The lowest BCUT2D eigenvalue weighted by Gasteiger charge is -2.39. The Morgan fingerprint density at radius 3 is 2.07 bits per heavy atom. The number of rotatable bonds is 7. The molecule has 0 bridgehead atoms. The Morgan fingerprint density at radius 2 is 1.38 bits per heavy atom. The van der Waals surface area contributed by atoms with Gasteiger partial charge in [0.1, 0.15) is 0 Å². The minimum absolute atomic E-state index is 0.709. The van der Waals surface area contributed by atoms with Gasteiger partial charge in [0.15, 0.2) is 0 Å². The number of benzene rings is 2. The summed E-state index contributed by atoms with van der Waals surface area (Å²) in [7, 11) is 0. The van der Waals surface area contributed by atoms with Gasteiger partial charge in [-0.05, 0) is 35.8 Å². The summed E-state index contributed by atoms with van der Waals surface area (Å²) in [5.41, 5.74) is 2.86. The summed E-state index contributed by atoms with van der Waals surface area (Å²) in [6.45, 7) is 7.08. The fourth-order valence-corrected chi connectivity index (χ4v) is 5.10. The van der Waals surface area contributed by atoms with E-state index in [9.17, 15) is 0 Å². The lowest BCUT2D eigenvalue weighted by molar-refractivity contribution is 0.122. The lowest BCUT2D eigenvalue weighted by Crippen LogP contribution is -2.48. The Balaban J connectivity index is 1.29. The van der Waals surface area contributed by atoms with E-state index in [2.05, 4.69) is 82.6 Å². The number of nitrogens with zero attached hydrogens (tertiary/aromatic N) is 2. The fourth-order valence-electron chi connectivity index (χ4n) is 5.10. The van der Waals surface area contributed by atoms with Gasteiger partial charge in [-0.1, -0.05) is 92.1 Å². The number of hydrogen-bond donors (Lipinski definition) is 0. The van der Waals surface area contributed by atoms with Crippen molar-refractivity contribution in [1.82, 2.24) is 9.80 Å². The predicted molar refractivity (Wildman–Crippen MR) is 124 cm³/mol. The molecular weight excluding hydrogens is 352 g/mol. The van der Waals surface area contributed by atoms with E-state index in [1.807, 2.05) is 0 Å². The van der Waals surface area contributed by atoms with Crippen molar-refractivity contribution in [2.75, 3.05) is 39.3 Å². The average Bonchev–Trinajstić information content (AvgIpc) is 2.80. The van der Waals surface area contributed by atoms with Crippen LogP contribution in [0.1, 0.15) is 49.1 Å². The van der Waals surface area contributed by atoms with Crippen LogP contribution in [0.5, 0.6) is 0 Å². The quantitative estimate of drug-likeness (QED) is 0.602. The smallest absolute Gasteiger partial charge is 0.0167 e. The second-order valence-electron chi connectivity index (χ2n) is 8.83. The van der Waals surface area contributed by atoms with Gasteiger partial charge in [0, 0.05) is 39.3 Å². The molecule has 4 rings (SSSR count). The largest absolute Gasteiger partial charge is 0.300 e. The lowest BCUT2D eigenvalue weighted by atomic mass is 9.76. The van der Waals surface area contributed by atoms with Crippen molar-refractivity contribution < 1.29 is 0 Å². The van der Waals surface area contributed by atoms with Crippen molar-refractivity contribution in [3.05, 3.63) is 77.9 Å². The highest BCUT2D eigenvalue weighted by atomic mass is 15.3. The molecule has 1 saturated heterocycles. The summed E-state index contributed by atoms with van der Waals surface area (Å²) in [6.07, 6.45) is 11.7. The SMILES string of the molecule is C(=Cc1ccccc1)CN1CCN(CC(c2ccccc2)C2CCCCC2)CC1. The molecule has 1 aliphatic heterocycles. The van der Waals surface area contributed by atoms with Gasteiger partial charge in [-0.15, -0.1) is 0 Å². The van der Waals surface area contributed by atoms with Crippen LogP contribution in [-0.2, 0) is 0 Å². The molecule has 1 atom stereocenters. The van der Waals surface area contributed by atoms with Crippen molar-refractivity contribution in [3.63, 3.8) is 0 Å². The van der Waals surface area contributed by atoms with Crippen molar-refractivity contribution >= 4 is 6.08 Å². The van der Waals surface area contributed by atoms with Crippen LogP contribution in [0.4, 0.5) is 0 Å². The first kappa shape index (κ1) is 20.4. The van der Waals surface area contributed by atoms with E-state index in [0.29, 0.717) is 5.92 Å². The van der Waals surface area contributed by atoms with Crippen molar-refractivity contribution in [3.8, 4) is 0 Å². The third-order valence-corrected chi connectivity index (χ3v) is 6.84. The molecule has 2 aromatic rings. The van der Waals surface area contributed by atoms with Crippen LogP contribution in [-0.4, -0.2) is 49.1 Å². The van der Waals surface area contributed by atoms with E-state index in [-0.39, 0.29) is 0 Å². The van der Waals surface area contributed by atoms with Crippen LogP contribution in [0.3, 0.4) is 0 Å². The van der Waals surface area contributed by atoms with Gasteiger partial charge in [0.25, 0.3) is 0 Å². The molecular formula is C27H36N2. The van der Waals surface area contributed by atoms with E-state index in [1.54, 1.807) is 5.56 Å². The second-order valence-corrected chi connectivity index (χ2v) is 8.83. The van der Waals surface area contributed by atoms with Crippen LogP contribution >= 0.6 is 0 Å². The van der Waals surface area contributed by atoms with Crippen molar-refractivity contribution in [2.24, 2.45) is 5.92 Å². The number of piperazine rings is 1. The molecule has 2 aromatic carbocycles. The zero-order valence-corrected chi connectivity index (χ0v) is 17.8. The minimum atomic E-state index is 0.709. The van der Waals surface area contributed by atoms with Crippen LogP contribution in [0.25, 0.3) is 6.08 Å². The molecule has 2 nitrogen and oxygen atoms in total. The van der Waals surface area contributed by atoms with Gasteiger partial charge < -0.3 is 4.90 Å². The predicted octanol–water partition coefficient (Wildman–Crippen LogP) is 5.68. The van der Waals surface area contributed by atoms with Crippen molar-refractivity contribution in [2.45, 2.75) is 38.0 Å². The van der Waals surface area contributed by atoms with E-state index >= 15 is 0 Å². The van der Waals surface area contributed by atoms with Gasteiger partial charge in [0.05, 0.1) is 0 Å². The molecule has 2 heteroatoms. The van der Waals surface area contributed by atoms with Crippen molar-refractivity contribution in [1.29, 1.82) is 0 Å². The highest BCUT2D eigenvalue weighted by molar-refractivity contribution is 5.48. The maximum atomic E-state index is 2.73. The average molecular weight is 389 g/mol. The summed E-state index contributed by atoms with van der Waals surface area (Å²) in [4.78, 5) is 5.32. The third kappa shape index (κ3) is 6.04. The van der Waals surface area contributed by atoms with Gasteiger partial charge in [-0.2, -0.15) is 0 Å². The summed E-state index contributed by atoms with van der Waals surface area (Å²) in [5, 5.41) is 0. The van der Waals surface area contributed by atoms with Gasteiger partial charge in [-0.3, -0.25) is 4.90 Å². The molecule has 2 aliphatic rings. The van der Waals surface area contributed by atoms with E-state index in [0.717, 1.165) is 12.5 Å². The Bertz CT molecular complexity index is 726. The molecule has 1 saturated carbocycles. The second kappa shape index (κ2) is 10.8. The monoisotopic (exact) mass is 388 g/mol. The molecule has 0 radical (unpaired) electrons. The zero-order chi connectivity index (χ0) is 19.7. The van der Waals surface area contributed by atoms with Crippen LogP contribution < -0.4 is 0 Å². The Labute approximate surface area is 177 Å². The van der Waals surface area contributed by atoms with E-state index in [4.69, 9.17) is 0 Å². The minimum Gasteiger partial charge on any atom is -0.300 e. The molecule has 0 amide bonds. The maximum Gasteiger partial charge on any atom is 0.0167 e. The van der Waals surface area contributed by atoms with Crippen LogP contribution in [0.2, 0.25) is 0 Å². The van der Waals surface area contributed by atoms with Crippen LogP contribution in [0.15, 0.2) is 66.7 Å². The summed E-state index contributed by atoms with van der Waals surface area (Å²) < 4.78 is 0. The molecule has 0 aromatic heterocycles. The molecule has 1 aliphatic carbocycles. The van der Waals surface area contributed by atoms with Crippen LogP contribution in [0, 0.1) is 5.92 Å². The Morgan fingerprint density at radius 1 is 0.759 bits per heavy atom. The Hall–Kier alpha value is -1.90. The Kier molecular flexibility index (Phi) is 7.56. The summed E-state index contributed by atoms with van der Waals surface area (Å²) in [5.74, 6) is 1.58. The molecule has 29 heavy (non-hydrogen) atoms. The van der Waals surface area contributed by atoms with E-state index < -0.39 is 0 Å². The summed E-state index contributed by atoms with van der Waals surface area (Å²) >= 11 is 0. The first-order valence-electron chi connectivity index (χ1n) is 11.6. The van der Waals surface area contributed by atoms with E-state index in [1.165, 1.54) is 70.4 Å². The fraction of sp³-hybridized carbons (Fsp3) is 0.481. The maximum absolute atomic E-state index is 2.73. The molecule has 2 fully saturated rings. The zero-order valence-electron chi connectivity index (χ0n) is 17.8.